The average molecular weight is 202 g/mol. The zero-order valence-corrected chi connectivity index (χ0v) is 8.51. The smallest absolute Gasteiger partial charge is 0.133 e. The quantitative estimate of drug-likeness (QED) is 0.697. The van der Waals surface area contributed by atoms with Gasteiger partial charge in [-0.2, -0.15) is 0 Å². The van der Waals surface area contributed by atoms with Crippen molar-refractivity contribution in [3.63, 3.8) is 0 Å². The van der Waals surface area contributed by atoms with E-state index in [0.29, 0.717) is 0 Å². The van der Waals surface area contributed by atoms with Crippen LogP contribution in [-0.4, -0.2) is 7.11 Å². The highest BCUT2D eigenvalue weighted by atomic mass is 32.9. The Bertz CT molecular complexity index is 252. The number of para-hydroxylation sites is 1. The summed E-state index contributed by atoms with van der Waals surface area (Å²) in [5.74, 6) is 0.898. The second-order valence-corrected chi connectivity index (χ2v) is 4.92. The fraction of sp³-hybridized carbons (Fsp3) is 0.143. The molecule has 1 aromatic carbocycles. The molecule has 1 rings (SSSR count). The van der Waals surface area contributed by atoms with Crippen molar-refractivity contribution in [2.24, 2.45) is 0 Å². The molecule has 0 saturated heterocycles. The Labute approximate surface area is 76.7 Å². The lowest BCUT2D eigenvalue weighted by Gasteiger charge is -2.02. The van der Waals surface area contributed by atoms with Gasteiger partial charge in [-0.1, -0.05) is 23.5 Å². The largest absolute Gasteiger partial charge is 0.496 e. The maximum Gasteiger partial charge on any atom is 0.133 e. The van der Waals surface area contributed by atoms with Crippen LogP contribution < -0.4 is 4.74 Å². The van der Waals surface area contributed by atoms with Crippen LogP contribution in [0.2, 0.25) is 0 Å². The average Bonchev–Trinajstić information content (AvgIpc) is 2.06. The van der Waals surface area contributed by atoms with Gasteiger partial charge in [-0.15, -0.1) is 0 Å². The molecule has 0 bridgehead atoms. The van der Waals surface area contributed by atoms with Gasteiger partial charge in [0.1, 0.15) is 5.75 Å². The zero-order chi connectivity index (χ0) is 8.10. The van der Waals surface area contributed by atoms with Gasteiger partial charge in [-0.25, -0.2) is 0 Å². The van der Waals surface area contributed by atoms with E-state index in [1.807, 2.05) is 24.3 Å². The third-order valence-corrected chi connectivity index (χ3v) is 3.30. The first kappa shape index (κ1) is 8.98. The van der Waals surface area contributed by atoms with Gasteiger partial charge >= 0.3 is 0 Å². The summed E-state index contributed by atoms with van der Waals surface area (Å²) >= 11 is 6.41. The highest BCUT2D eigenvalue weighted by molar-refractivity contribution is 8.58. The van der Waals surface area contributed by atoms with Crippen LogP contribution in [-0.2, 0) is 11.8 Å². The lowest BCUT2D eigenvalue weighted by atomic mass is 10.3. The third-order valence-electron chi connectivity index (χ3n) is 1.20. The predicted octanol–water partition coefficient (Wildman–Crippen LogP) is 3.11. The lowest BCUT2D eigenvalue weighted by molar-refractivity contribution is 0.405. The molecule has 0 saturated carbocycles. The normalized spacial score (nSPS) is 9.91. The zero-order valence-electron chi connectivity index (χ0n) is 5.98. The first-order valence-corrected chi connectivity index (χ1v) is 6.34. The molecule has 0 atom stereocenters. The minimum absolute atomic E-state index is 0.879. The maximum atomic E-state index is 5.13. The molecule has 0 radical (unpaired) electrons. The summed E-state index contributed by atoms with van der Waals surface area (Å²) in [7, 11) is 1.67. The molecule has 0 amide bonds. The maximum absolute atomic E-state index is 5.13. The Morgan fingerprint density at radius 1 is 1.45 bits per heavy atom. The van der Waals surface area contributed by atoms with E-state index in [9.17, 15) is 0 Å². The molecule has 58 valence electrons. The molecule has 0 unspecified atom stereocenters. The van der Waals surface area contributed by atoms with Crippen molar-refractivity contribution >= 4 is 29.7 Å². The van der Waals surface area contributed by atoms with E-state index in [4.69, 9.17) is 16.5 Å². The summed E-state index contributed by atoms with van der Waals surface area (Å²) in [4.78, 5) is 1.10. The Kier molecular flexibility index (Phi) is 3.84. The minimum atomic E-state index is 0.879. The van der Waals surface area contributed by atoms with Crippen molar-refractivity contribution in [3.8, 4) is 5.75 Å². The molecule has 0 aliphatic rings. The van der Waals surface area contributed by atoms with Gasteiger partial charge in [-0.3, -0.25) is 0 Å². The molecule has 11 heavy (non-hydrogen) atoms. The summed E-state index contributed by atoms with van der Waals surface area (Å²) in [6.45, 7) is 0.879. The van der Waals surface area contributed by atoms with E-state index in [0.717, 1.165) is 17.2 Å². The topological polar surface area (TPSA) is 9.23 Å². The number of benzene rings is 1. The first-order chi connectivity index (χ1) is 5.38. The lowest BCUT2D eigenvalue weighted by Crippen LogP contribution is -1.82. The summed E-state index contributed by atoms with van der Waals surface area (Å²) < 4.78 is 5.13. The molecular weight excluding hydrogens is 195 g/mol. The van der Waals surface area contributed by atoms with Gasteiger partial charge in [0, 0.05) is 6.56 Å². The van der Waals surface area contributed by atoms with Crippen LogP contribution >= 0.6 is 17.9 Å². The molecule has 0 heterocycles. The predicted molar refractivity (Wildman–Crippen MR) is 53.1 cm³/mol. The van der Waals surface area contributed by atoms with Crippen molar-refractivity contribution in [2.45, 2.75) is 4.90 Å². The molecule has 0 aliphatic carbocycles. The number of ether oxygens (including phenoxy) is 1. The molecule has 0 fully saturated rings. The first-order valence-electron chi connectivity index (χ1n) is 3.01. The van der Waals surface area contributed by atoms with Gasteiger partial charge in [-0.05, 0) is 23.9 Å². The van der Waals surface area contributed by atoms with E-state index in [2.05, 4.69) is 0 Å². The van der Waals surface area contributed by atoms with E-state index >= 15 is 0 Å². The van der Waals surface area contributed by atoms with Crippen molar-refractivity contribution in [1.82, 2.24) is 0 Å². The Morgan fingerprint density at radius 3 is 2.82 bits per heavy atom. The van der Waals surface area contributed by atoms with Gasteiger partial charge < -0.3 is 4.74 Å². The number of hydrogen-bond acceptors (Lipinski definition) is 3. The molecule has 0 aromatic heterocycles. The van der Waals surface area contributed by atoms with E-state index in [1.165, 1.54) is 0 Å². The van der Waals surface area contributed by atoms with Gasteiger partial charge in [0.05, 0.1) is 12.0 Å². The number of rotatable bonds is 3. The SMILES string of the molecule is COc1ccccc1SP=S. The highest BCUT2D eigenvalue weighted by Crippen LogP contribution is 2.35. The van der Waals surface area contributed by atoms with E-state index < -0.39 is 0 Å². The summed E-state index contributed by atoms with van der Waals surface area (Å²) in [5.41, 5.74) is 0. The van der Waals surface area contributed by atoms with Crippen molar-refractivity contribution < 1.29 is 4.74 Å². The molecule has 4 heteroatoms. The molecule has 1 nitrogen and oxygen atoms in total. The van der Waals surface area contributed by atoms with Crippen molar-refractivity contribution in [2.75, 3.05) is 7.11 Å². The van der Waals surface area contributed by atoms with Crippen LogP contribution in [0.5, 0.6) is 5.75 Å². The molecule has 1 aromatic rings. The van der Waals surface area contributed by atoms with Crippen LogP contribution in [0.25, 0.3) is 0 Å². The summed E-state index contributed by atoms with van der Waals surface area (Å²) in [5, 5.41) is 0. The summed E-state index contributed by atoms with van der Waals surface area (Å²) in [6, 6.07) is 7.86. The monoisotopic (exact) mass is 202 g/mol. The Balaban J connectivity index is 2.92. The van der Waals surface area contributed by atoms with Gasteiger partial charge in [0.2, 0.25) is 0 Å². The minimum Gasteiger partial charge on any atom is -0.496 e. The fourth-order valence-electron chi connectivity index (χ4n) is 0.734. The van der Waals surface area contributed by atoms with Gasteiger partial charge in [0.25, 0.3) is 0 Å². The van der Waals surface area contributed by atoms with Crippen LogP contribution in [0.3, 0.4) is 0 Å². The third kappa shape index (κ3) is 2.44. The number of hydrogen-bond donors (Lipinski definition) is 0. The van der Waals surface area contributed by atoms with Crippen LogP contribution in [0.15, 0.2) is 29.2 Å². The van der Waals surface area contributed by atoms with Crippen molar-refractivity contribution in [1.29, 1.82) is 0 Å². The van der Waals surface area contributed by atoms with Crippen LogP contribution in [0, 0.1) is 0 Å². The summed E-state index contributed by atoms with van der Waals surface area (Å²) in [6.07, 6.45) is 0. The van der Waals surface area contributed by atoms with Gasteiger partial charge in [0.15, 0.2) is 0 Å². The Hall–Kier alpha value is -0.110. The van der Waals surface area contributed by atoms with E-state index in [1.54, 1.807) is 18.5 Å². The molecule has 0 aliphatic heterocycles. The fourth-order valence-corrected chi connectivity index (χ4v) is 2.61. The highest BCUT2D eigenvalue weighted by Gasteiger charge is 1.98. The van der Waals surface area contributed by atoms with Crippen LogP contribution in [0.1, 0.15) is 0 Å². The van der Waals surface area contributed by atoms with Crippen LogP contribution in [0.4, 0.5) is 0 Å². The Morgan fingerprint density at radius 2 is 2.18 bits per heavy atom. The second-order valence-electron chi connectivity index (χ2n) is 1.82. The van der Waals surface area contributed by atoms with E-state index in [-0.39, 0.29) is 0 Å². The number of methoxy groups -OCH3 is 1. The molecular formula is C7H7OPS2. The van der Waals surface area contributed by atoms with Crippen molar-refractivity contribution in [3.05, 3.63) is 24.3 Å². The standard InChI is InChI=1S/C7H7OPS2/c1-8-6-4-2-3-5-7(6)11-9-10/h2-5H,1H3. The molecule has 0 N–H and O–H groups in total. The second kappa shape index (κ2) is 4.70. The molecule has 0 spiro atoms.